The summed E-state index contributed by atoms with van der Waals surface area (Å²) in [5, 5.41) is 20.6. The van der Waals surface area contributed by atoms with E-state index in [2.05, 4.69) is 37.5 Å². The fourth-order valence-electron chi connectivity index (χ4n) is 5.90. The van der Waals surface area contributed by atoms with Crippen LogP contribution in [0.5, 0.6) is 0 Å². The van der Waals surface area contributed by atoms with E-state index in [4.69, 9.17) is 14.2 Å². The highest BCUT2D eigenvalue weighted by Crippen LogP contribution is 2.27. The van der Waals surface area contributed by atoms with Crippen LogP contribution in [0.1, 0.15) is 118 Å². The van der Waals surface area contributed by atoms with Crippen molar-refractivity contribution in [3.05, 3.63) is 0 Å². The van der Waals surface area contributed by atoms with Gasteiger partial charge in [-0.1, -0.05) is 105 Å². The molecule has 0 aliphatic carbocycles. The lowest BCUT2D eigenvalue weighted by atomic mass is 9.84. The van der Waals surface area contributed by atoms with Crippen molar-refractivity contribution in [3.8, 4) is 0 Å². The van der Waals surface area contributed by atoms with E-state index in [0.29, 0.717) is 39.6 Å². The molecular formula is C34H70N2O5. The number of nitrogens with zero attached hydrogens (tertiary/aromatic N) is 2. The molecule has 7 nitrogen and oxygen atoms in total. The Kier molecular flexibility index (Phi) is 23.7. The number of hydrogen-bond donors (Lipinski definition) is 2. The molecule has 0 spiro atoms. The van der Waals surface area contributed by atoms with Crippen LogP contribution in [0.2, 0.25) is 0 Å². The Morgan fingerprint density at radius 1 is 0.488 bits per heavy atom. The van der Waals surface area contributed by atoms with Gasteiger partial charge in [-0.05, 0) is 12.8 Å². The normalized spacial score (nSPS) is 20.6. The van der Waals surface area contributed by atoms with E-state index in [1.54, 1.807) is 0 Å². The molecule has 0 aromatic carbocycles. The summed E-state index contributed by atoms with van der Waals surface area (Å²) in [5.41, 5.74) is -0.198. The molecule has 2 atom stereocenters. The molecule has 1 aliphatic rings. The van der Waals surface area contributed by atoms with Crippen LogP contribution in [0, 0.1) is 10.8 Å². The maximum Gasteiger partial charge on any atom is 0.0701 e. The van der Waals surface area contributed by atoms with Gasteiger partial charge in [-0.25, -0.2) is 0 Å². The topological polar surface area (TPSA) is 74.6 Å². The van der Waals surface area contributed by atoms with Crippen LogP contribution in [0.4, 0.5) is 0 Å². The summed E-state index contributed by atoms with van der Waals surface area (Å²) >= 11 is 0. The summed E-state index contributed by atoms with van der Waals surface area (Å²) in [5.74, 6) is 0. The van der Waals surface area contributed by atoms with Gasteiger partial charge in [0.25, 0.3) is 0 Å². The fourth-order valence-corrected chi connectivity index (χ4v) is 5.90. The number of ether oxygens (including phenoxy) is 3. The van der Waals surface area contributed by atoms with E-state index >= 15 is 0 Å². The maximum absolute atomic E-state index is 10.3. The molecule has 246 valence electrons. The van der Waals surface area contributed by atoms with Crippen LogP contribution in [-0.4, -0.2) is 112 Å². The summed E-state index contributed by atoms with van der Waals surface area (Å²) in [6.45, 7) is 18.4. The van der Waals surface area contributed by atoms with Crippen molar-refractivity contribution in [3.63, 3.8) is 0 Å². The lowest BCUT2D eigenvalue weighted by molar-refractivity contribution is 0.0172. The Morgan fingerprint density at radius 3 is 1.15 bits per heavy atom. The van der Waals surface area contributed by atoms with E-state index in [0.717, 1.165) is 52.1 Å². The van der Waals surface area contributed by atoms with Crippen molar-refractivity contribution >= 4 is 0 Å². The average Bonchev–Trinajstić information content (AvgIpc) is 2.98. The van der Waals surface area contributed by atoms with Crippen molar-refractivity contribution in [1.82, 2.24) is 9.80 Å². The molecule has 0 amide bonds. The number of rotatable bonds is 20. The van der Waals surface area contributed by atoms with Crippen LogP contribution in [0.3, 0.4) is 0 Å². The predicted octanol–water partition coefficient (Wildman–Crippen LogP) is 6.15. The first-order valence-corrected chi connectivity index (χ1v) is 17.3. The molecule has 0 bridgehead atoms. The highest BCUT2D eigenvalue weighted by atomic mass is 16.5. The molecular weight excluding hydrogens is 516 g/mol. The van der Waals surface area contributed by atoms with Gasteiger partial charge in [0, 0.05) is 63.3 Å². The molecule has 0 saturated carbocycles. The third-order valence-corrected chi connectivity index (χ3v) is 8.82. The Bertz CT molecular complexity index is 535. The second-order valence-electron chi connectivity index (χ2n) is 13.4. The van der Waals surface area contributed by atoms with Gasteiger partial charge in [-0.3, -0.25) is 9.80 Å². The molecule has 0 radical (unpaired) electrons. The van der Waals surface area contributed by atoms with Crippen LogP contribution < -0.4 is 0 Å². The molecule has 7 heteroatoms. The molecule has 0 aromatic rings. The van der Waals surface area contributed by atoms with E-state index in [9.17, 15) is 10.2 Å². The van der Waals surface area contributed by atoms with Gasteiger partial charge in [-0.2, -0.15) is 0 Å². The summed E-state index contributed by atoms with van der Waals surface area (Å²) < 4.78 is 18.0. The highest BCUT2D eigenvalue weighted by molar-refractivity contribution is 4.80. The van der Waals surface area contributed by atoms with Crippen LogP contribution in [0.25, 0.3) is 0 Å². The first kappa shape index (κ1) is 38.7. The zero-order valence-corrected chi connectivity index (χ0v) is 27.8. The first-order valence-electron chi connectivity index (χ1n) is 17.3. The van der Waals surface area contributed by atoms with Crippen molar-refractivity contribution in [2.75, 3.05) is 92.1 Å². The molecule has 1 rings (SSSR count). The number of aliphatic hydroxyl groups is 2. The minimum absolute atomic E-state index is 0.0989. The number of hydrogen-bond acceptors (Lipinski definition) is 7. The zero-order valence-electron chi connectivity index (χ0n) is 27.8. The van der Waals surface area contributed by atoms with Crippen LogP contribution in [-0.2, 0) is 14.2 Å². The smallest absolute Gasteiger partial charge is 0.0701 e. The lowest BCUT2D eigenvalue weighted by Gasteiger charge is -2.35. The number of aliphatic hydroxyl groups excluding tert-OH is 2. The zero-order chi connectivity index (χ0) is 30.1. The molecule has 1 fully saturated rings. The monoisotopic (exact) mass is 587 g/mol. The quantitative estimate of drug-likeness (QED) is 0.166. The SMILES string of the molecule is CCCCCCCCC(C)(CO)CN1CCOCCOCCN(CC(C)(CO)CCCCCCCC)CCOCC1. The van der Waals surface area contributed by atoms with Crippen molar-refractivity contribution in [2.24, 2.45) is 10.8 Å². The standard InChI is InChI=1S/C34H70N2O5/c1-5-7-9-11-13-15-17-33(3,31-37)29-35-19-23-39-24-20-36(22-26-41-28-27-40-25-21-35)30-34(4,32-38)18-16-14-12-10-8-6-2/h37-38H,5-32H2,1-4H3. The summed E-state index contributed by atoms with van der Waals surface area (Å²) in [7, 11) is 0. The van der Waals surface area contributed by atoms with Gasteiger partial charge in [0.1, 0.15) is 0 Å². The first-order chi connectivity index (χ1) is 19.9. The van der Waals surface area contributed by atoms with Gasteiger partial charge in [0.15, 0.2) is 0 Å². The number of unbranched alkanes of at least 4 members (excludes halogenated alkanes) is 10. The van der Waals surface area contributed by atoms with Gasteiger partial charge in [0.2, 0.25) is 0 Å². The van der Waals surface area contributed by atoms with Gasteiger partial charge in [-0.15, -0.1) is 0 Å². The van der Waals surface area contributed by atoms with Crippen LogP contribution in [0.15, 0.2) is 0 Å². The van der Waals surface area contributed by atoms with Crippen molar-refractivity contribution < 1.29 is 24.4 Å². The summed E-state index contributed by atoms with van der Waals surface area (Å²) in [4.78, 5) is 4.82. The van der Waals surface area contributed by atoms with E-state index in [1.165, 1.54) is 77.0 Å². The Labute approximate surface area is 254 Å². The third kappa shape index (κ3) is 20.3. The molecule has 0 aromatic heterocycles. The molecule has 1 saturated heterocycles. The van der Waals surface area contributed by atoms with Gasteiger partial charge >= 0.3 is 0 Å². The minimum atomic E-state index is -0.0989. The average molecular weight is 587 g/mol. The predicted molar refractivity (Wildman–Crippen MR) is 172 cm³/mol. The molecule has 1 heterocycles. The summed E-state index contributed by atoms with van der Waals surface area (Å²) in [6.07, 6.45) is 17.4. The van der Waals surface area contributed by atoms with E-state index in [-0.39, 0.29) is 24.0 Å². The maximum atomic E-state index is 10.3. The highest BCUT2D eigenvalue weighted by Gasteiger charge is 2.27. The molecule has 41 heavy (non-hydrogen) atoms. The molecule has 2 N–H and O–H groups in total. The Morgan fingerprint density at radius 2 is 0.805 bits per heavy atom. The Balaban J connectivity index is 2.58. The second kappa shape index (κ2) is 25.1. The van der Waals surface area contributed by atoms with E-state index < -0.39 is 0 Å². The molecule has 1 aliphatic heterocycles. The third-order valence-electron chi connectivity index (χ3n) is 8.82. The fraction of sp³-hybridized carbons (Fsp3) is 1.00. The van der Waals surface area contributed by atoms with Crippen molar-refractivity contribution in [1.29, 1.82) is 0 Å². The molecule has 2 unspecified atom stereocenters. The van der Waals surface area contributed by atoms with Crippen LogP contribution >= 0.6 is 0 Å². The largest absolute Gasteiger partial charge is 0.396 e. The Hall–Kier alpha value is -0.280. The van der Waals surface area contributed by atoms with Crippen molar-refractivity contribution in [2.45, 2.75) is 118 Å². The van der Waals surface area contributed by atoms with E-state index in [1.807, 2.05) is 0 Å². The minimum Gasteiger partial charge on any atom is -0.396 e. The van der Waals surface area contributed by atoms with Gasteiger partial charge in [0.05, 0.1) is 39.6 Å². The second-order valence-corrected chi connectivity index (χ2v) is 13.4. The van der Waals surface area contributed by atoms with Gasteiger partial charge < -0.3 is 24.4 Å². The lowest BCUT2D eigenvalue weighted by Crippen LogP contribution is -2.42. The summed E-state index contributed by atoms with van der Waals surface area (Å²) in [6, 6.07) is 0.